The number of aliphatic hydroxyl groups is 2. The van der Waals surface area contributed by atoms with Crippen molar-refractivity contribution in [2.75, 3.05) is 6.61 Å². The predicted molar refractivity (Wildman–Crippen MR) is 50.7 cm³/mol. The quantitative estimate of drug-likeness (QED) is 0.619. The molecule has 2 N–H and O–H groups in total. The van der Waals surface area contributed by atoms with E-state index in [1.54, 1.807) is 0 Å². The standard InChI is InChI=1S/C10H18O4/c11-7-1-2-8(12)3-4-9-5-6-10(13)14-9/h8-9,11-12H,1-7H2. The Hall–Kier alpha value is -0.610. The zero-order valence-electron chi connectivity index (χ0n) is 8.32. The molecule has 0 saturated carbocycles. The maximum absolute atomic E-state index is 10.8. The first-order chi connectivity index (χ1) is 6.72. The summed E-state index contributed by atoms with van der Waals surface area (Å²) in [4.78, 5) is 10.8. The van der Waals surface area contributed by atoms with Gasteiger partial charge < -0.3 is 14.9 Å². The Morgan fingerprint density at radius 1 is 1.50 bits per heavy atom. The van der Waals surface area contributed by atoms with Crippen molar-refractivity contribution in [2.45, 2.75) is 50.7 Å². The van der Waals surface area contributed by atoms with E-state index in [2.05, 4.69) is 0 Å². The van der Waals surface area contributed by atoms with Crippen LogP contribution in [0.4, 0.5) is 0 Å². The fraction of sp³-hybridized carbons (Fsp3) is 0.900. The van der Waals surface area contributed by atoms with Crippen molar-refractivity contribution in [3.63, 3.8) is 0 Å². The van der Waals surface area contributed by atoms with E-state index in [9.17, 15) is 9.90 Å². The molecule has 1 saturated heterocycles. The molecule has 2 atom stereocenters. The van der Waals surface area contributed by atoms with Gasteiger partial charge in [-0.25, -0.2) is 0 Å². The predicted octanol–water partition coefficient (Wildman–Crippen LogP) is 0.606. The first kappa shape index (κ1) is 11.5. The molecule has 14 heavy (non-hydrogen) atoms. The van der Waals surface area contributed by atoms with Gasteiger partial charge >= 0.3 is 5.97 Å². The molecule has 1 aliphatic heterocycles. The van der Waals surface area contributed by atoms with Crippen LogP contribution in [0.2, 0.25) is 0 Å². The Morgan fingerprint density at radius 3 is 2.86 bits per heavy atom. The minimum absolute atomic E-state index is 0.00581. The first-order valence-electron chi connectivity index (χ1n) is 5.20. The maximum Gasteiger partial charge on any atom is 0.306 e. The summed E-state index contributed by atoms with van der Waals surface area (Å²) in [5, 5.41) is 18.0. The largest absolute Gasteiger partial charge is 0.462 e. The third-order valence-corrected chi connectivity index (χ3v) is 2.49. The number of esters is 1. The second-order valence-corrected chi connectivity index (χ2v) is 3.75. The summed E-state index contributed by atoms with van der Waals surface area (Å²) in [5.74, 6) is -0.125. The molecule has 1 heterocycles. The van der Waals surface area contributed by atoms with Gasteiger partial charge in [0.25, 0.3) is 0 Å². The Balaban J connectivity index is 2.05. The average Bonchev–Trinajstić information content (AvgIpc) is 2.58. The highest BCUT2D eigenvalue weighted by Gasteiger charge is 2.23. The second-order valence-electron chi connectivity index (χ2n) is 3.75. The van der Waals surface area contributed by atoms with Gasteiger partial charge in [0, 0.05) is 13.0 Å². The van der Waals surface area contributed by atoms with Crippen LogP contribution < -0.4 is 0 Å². The van der Waals surface area contributed by atoms with Crippen molar-refractivity contribution in [3.05, 3.63) is 0 Å². The minimum Gasteiger partial charge on any atom is -0.462 e. The molecule has 1 fully saturated rings. The smallest absolute Gasteiger partial charge is 0.306 e. The summed E-state index contributed by atoms with van der Waals surface area (Å²) >= 11 is 0. The molecule has 4 heteroatoms. The topological polar surface area (TPSA) is 66.8 Å². The molecule has 1 aliphatic rings. The van der Waals surface area contributed by atoms with Crippen LogP contribution in [0.15, 0.2) is 0 Å². The van der Waals surface area contributed by atoms with Gasteiger partial charge in [-0.2, -0.15) is 0 Å². The number of carbonyl (C=O) groups excluding carboxylic acids is 1. The van der Waals surface area contributed by atoms with Crippen molar-refractivity contribution in [3.8, 4) is 0 Å². The molecule has 4 nitrogen and oxygen atoms in total. The van der Waals surface area contributed by atoms with Crippen molar-refractivity contribution >= 4 is 5.97 Å². The summed E-state index contributed by atoms with van der Waals surface area (Å²) in [6.45, 7) is 0.121. The molecule has 0 radical (unpaired) electrons. The van der Waals surface area contributed by atoms with Crippen LogP contribution in [-0.2, 0) is 9.53 Å². The molecule has 2 unspecified atom stereocenters. The van der Waals surface area contributed by atoms with E-state index in [-0.39, 0.29) is 24.8 Å². The van der Waals surface area contributed by atoms with Gasteiger partial charge in [-0.3, -0.25) is 4.79 Å². The lowest BCUT2D eigenvalue weighted by molar-refractivity contribution is -0.141. The number of cyclic esters (lactones) is 1. The SMILES string of the molecule is O=C1CCC(CCC(O)CCCO)O1. The molecule has 0 aromatic carbocycles. The molecule has 0 aliphatic carbocycles. The molecule has 0 aromatic heterocycles. The lowest BCUT2D eigenvalue weighted by atomic mass is 10.0. The third-order valence-electron chi connectivity index (χ3n) is 2.49. The van der Waals surface area contributed by atoms with Gasteiger partial charge in [-0.15, -0.1) is 0 Å². The summed E-state index contributed by atoms with van der Waals surface area (Å²) in [6, 6.07) is 0. The number of hydrogen-bond donors (Lipinski definition) is 2. The van der Waals surface area contributed by atoms with Crippen LogP contribution in [0, 0.1) is 0 Å². The van der Waals surface area contributed by atoms with E-state index in [4.69, 9.17) is 9.84 Å². The lowest BCUT2D eigenvalue weighted by Crippen LogP contribution is -2.13. The van der Waals surface area contributed by atoms with Crippen molar-refractivity contribution in [1.82, 2.24) is 0 Å². The maximum atomic E-state index is 10.8. The van der Waals surface area contributed by atoms with Crippen LogP contribution >= 0.6 is 0 Å². The van der Waals surface area contributed by atoms with Gasteiger partial charge in [0.1, 0.15) is 6.10 Å². The molecule has 0 bridgehead atoms. The summed E-state index contributed by atoms with van der Waals surface area (Å²) in [7, 11) is 0. The summed E-state index contributed by atoms with van der Waals surface area (Å²) in [5.41, 5.74) is 0. The molecular weight excluding hydrogens is 184 g/mol. The highest BCUT2D eigenvalue weighted by atomic mass is 16.5. The number of ether oxygens (including phenoxy) is 1. The van der Waals surface area contributed by atoms with E-state index in [1.165, 1.54) is 0 Å². The van der Waals surface area contributed by atoms with E-state index in [1.807, 2.05) is 0 Å². The fourth-order valence-corrected chi connectivity index (χ4v) is 1.64. The van der Waals surface area contributed by atoms with Gasteiger partial charge in [0.15, 0.2) is 0 Å². The van der Waals surface area contributed by atoms with E-state index >= 15 is 0 Å². The molecule has 82 valence electrons. The molecule has 0 aromatic rings. The lowest BCUT2D eigenvalue weighted by Gasteiger charge is -2.12. The highest BCUT2D eigenvalue weighted by molar-refractivity contribution is 5.71. The van der Waals surface area contributed by atoms with Crippen LogP contribution in [0.5, 0.6) is 0 Å². The molecule has 1 rings (SSSR count). The Morgan fingerprint density at radius 2 is 2.29 bits per heavy atom. The van der Waals surface area contributed by atoms with Gasteiger partial charge in [-0.05, 0) is 32.1 Å². The van der Waals surface area contributed by atoms with Gasteiger partial charge in [0.2, 0.25) is 0 Å². The first-order valence-corrected chi connectivity index (χ1v) is 5.20. The number of rotatable bonds is 6. The van der Waals surface area contributed by atoms with Crippen molar-refractivity contribution in [1.29, 1.82) is 0 Å². The second kappa shape index (κ2) is 5.98. The monoisotopic (exact) mass is 202 g/mol. The Bertz CT molecular complexity index is 181. The number of aliphatic hydroxyl groups excluding tert-OH is 2. The van der Waals surface area contributed by atoms with Crippen molar-refractivity contribution in [2.24, 2.45) is 0 Å². The van der Waals surface area contributed by atoms with E-state index in [0.29, 0.717) is 25.7 Å². The minimum atomic E-state index is -0.374. The van der Waals surface area contributed by atoms with Crippen LogP contribution in [0.1, 0.15) is 38.5 Å². The van der Waals surface area contributed by atoms with E-state index < -0.39 is 0 Å². The highest BCUT2D eigenvalue weighted by Crippen LogP contribution is 2.19. The van der Waals surface area contributed by atoms with E-state index in [0.717, 1.165) is 12.8 Å². The van der Waals surface area contributed by atoms with Crippen LogP contribution in [0.25, 0.3) is 0 Å². The zero-order chi connectivity index (χ0) is 10.4. The average molecular weight is 202 g/mol. The van der Waals surface area contributed by atoms with Crippen molar-refractivity contribution < 1.29 is 19.7 Å². The molecular formula is C10H18O4. The molecule has 0 spiro atoms. The fourth-order valence-electron chi connectivity index (χ4n) is 1.64. The van der Waals surface area contributed by atoms with Gasteiger partial charge in [0.05, 0.1) is 6.10 Å². The molecule has 0 amide bonds. The number of carbonyl (C=O) groups is 1. The zero-order valence-corrected chi connectivity index (χ0v) is 8.32. The van der Waals surface area contributed by atoms with Crippen LogP contribution in [0.3, 0.4) is 0 Å². The Kier molecular flexibility index (Phi) is 4.90. The van der Waals surface area contributed by atoms with Crippen LogP contribution in [-0.4, -0.2) is 35.0 Å². The third kappa shape index (κ3) is 4.07. The summed E-state index contributed by atoms with van der Waals surface area (Å²) < 4.78 is 5.02. The van der Waals surface area contributed by atoms with Gasteiger partial charge in [-0.1, -0.05) is 0 Å². The number of hydrogen-bond acceptors (Lipinski definition) is 4. The summed E-state index contributed by atoms with van der Waals surface area (Å²) in [6.07, 6.45) is 3.56. The Labute approximate surface area is 83.9 Å². The normalized spacial score (nSPS) is 23.6.